The van der Waals surface area contributed by atoms with Crippen LogP contribution in [0.5, 0.6) is 28.7 Å². The molecule has 0 bridgehead atoms. The van der Waals surface area contributed by atoms with Gasteiger partial charge in [-0.15, -0.1) is 0 Å². The number of amides is 1. The molecule has 1 amide bonds. The van der Waals surface area contributed by atoms with Crippen LogP contribution in [0.15, 0.2) is 215 Å². The zero-order valence-corrected chi connectivity index (χ0v) is 35.9. The van der Waals surface area contributed by atoms with Gasteiger partial charge in [-0.1, -0.05) is 164 Å². The van der Waals surface area contributed by atoms with Crippen molar-refractivity contribution in [2.24, 2.45) is 0 Å². The Hall–Kier alpha value is -8.56. The van der Waals surface area contributed by atoms with Gasteiger partial charge in [-0.2, -0.15) is 0 Å². The minimum absolute atomic E-state index is 0.0615. The molecule has 0 fully saturated rings. The molecule has 0 unspecified atom stereocenters. The summed E-state index contributed by atoms with van der Waals surface area (Å²) >= 11 is 0. The van der Waals surface area contributed by atoms with E-state index in [-0.39, 0.29) is 54.9 Å². The molecule has 0 saturated carbocycles. The molecular weight excluding hydrogens is 827 g/mol. The van der Waals surface area contributed by atoms with E-state index in [1.165, 1.54) is 0 Å². The van der Waals surface area contributed by atoms with E-state index in [1.54, 1.807) is 54.6 Å². The molecule has 9 aromatic rings. The van der Waals surface area contributed by atoms with Gasteiger partial charge in [0.15, 0.2) is 28.8 Å². The van der Waals surface area contributed by atoms with E-state index >= 15 is 0 Å². The van der Waals surface area contributed by atoms with Gasteiger partial charge in [-0.05, 0) is 70.3 Å². The Kier molecular flexibility index (Phi) is 13.4. The van der Waals surface area contributed by atoms with Crippen molar-refractivity contribution in [2.75, 3.05) is 5.32 Å². The lowest BCUT2D eigenvalue weighted by Gasteiger charge is -2.19. The summed E-state index contributed by atoms with van der Waals surface area (Å²) in [4.78, 5) is 29.3. The van der Waals surface area contributed by atoms with Crippen LogP contribution in [0.3, 0.4) is 0 Å². The highest BCUT2D eigenvalue weighted by atomic mass is 16.5. The Morgan fingerprint density at radius 1 is 0.424 bits per heavy atom. The van der Waals surface area contributed by atoms with E-state index in [4.69, 9.17) is 28.1 Å². The summed E-state index contributed by atoms with van der Waals surface area (Å²) in [7, 11) is 0. The van der Waals surface area contributed by atoms with E-state index in [2.05, 4.69) is 5.32 Å². The monoisotopic (exact) mass is 871 g/mol. The number of rotatable bonds is 18. The van der Waals surface area contributed by atoms with Gasteiger partial charge in [0.05, 0.1) is 5.39 Å². The van der Waals surface area contributed by atoms with Gasteiger partial charge in [0.1, 0.15) is 44.3 Å². The molecular formula is C57H45NO8. The molecule has 0 aliphatic carbocycles. The molecule has 8 aromatic carbocycles. The number of ether oxygens (including phenoxy) is 5. The summed E-state index contributed by atoms with van der Waals surface area (Å²) in [6.45, 7) is 1.14. The number of benzene rings is 8. The maximum absolute atomic E-state index is 14.7. The van der Waals surface area contributed by atoms with Crippen molar-refractivity contribution in [2.45, 2.75) is 33.0 Å². The first-order valence-electron chi connectivity index (χ1n) is 21.6. The van der Waals surface area contributed by atoms with Crippen LogP contribution in [-0.4, -0.2) is 5.91 Å². The second-order valence-electron chi connectivity index (χ2n) is 15.4. The van der Waals surface area contributed by atoms with E-state index in [0.717, 1.165) is 27.8 Å². The van der Waals surface area contributed by atoms with Gasteiger partial charge in [0, 0.05) is 11.1 Å². The maximum Gasteiger partial charge on any atom is 0.256 e. The van der Waals surface area contributed by atoms with Crippen molar-refractivity contribution in [1.29, 1.82) is 0 Å². The predicted octanol–water partition coefficient (Wildman–Crippen LogP) is 12.6. The molecule has 9 rings (SSSR count). The SMILES string of the molecule is O=C(Nc1c(-c2ccc(OCc3ccccc3)c(OCc3ccccc3)c2)oc2ccccc2c1=O)c1cc(OCc2ccccc2)c(OCc2ccccc2)c(OCc2ccccc2)c1. The highest BCUT2D eigenvalue weighted by molar-refractivity contribution is 6.07. The zero-order chi connectivity index (χ0) is 44.9. The molecule has 0 aliphatic rings. The van der Waals surface area contributed by atoms with Crippen LogP contribution >= 0.6 is 0 Å². The fourth-order valence-electron chi connectivity index (χ4n) is 7.26. The molecule has 0 aliphatic heterocycles. The van der Waals surface area contributed by atoms with Crippen LogP contribution in [-0.2, 0) is 33.0 Å². The van der Waals surface area contributed by atoms with Crippen LogP contribution in [0, 0.1) is 0 Å². The second-order valence-corrected chi connectivity index (χ2v) is 15.4. The number of nitrogens with one attached hydrogen (secondary N) is 1. The van der Waals surface area contributed by atoms with E-state index in [0.29, 0.717) is 40.4 Å². The Morgan fingerprint density at radius 3 is 1.32 bits per heavy atom. The van der Waals surface area contributed by atoms with E-state index in [9.17, 15) is 9.59 Å². The highest BCUT2D eigenvalue weighted by Crippen LogP contribution is 2.42. The minimum atomic E-state index is -0.606. The first-order valence-corrected chi connectivity index (χ1v) is 21.6. The largest absolute Gasteiger partial charge is 0.485 e. The Bertz CT molecular complexity index is 3020. The Labute approximate surface area is 382 Å². The average Bonchev–Trinajstić information content (AvgIpc) is 3.38. The highest BCUT2D eigenvalue weighted by Gasteiger charge is 2.24. The number of hydrogen-bond donors (Lipinski definition) is 1. The molecule has 0 spiro atoms. The molecule has 0 radical (unpaired) electrons. The van der Waals surface area contributed by atoms with Crippen molar-refractivity contribution in [3.63, 3.8) is 0 Å². The Morgan fingerprint density at radius 2 is 0.833 bits per heavy atom. The molecule has 66 heavy (non-hydrogen) atoms. The van der Waals surface area contributed by atoms with Crippen LogP contribution < -0.4 is 34.4 Å². The topological polar surface area (TPSA) is 105 Å². The first kappa shape index (κ1) is 42.7. The lowest BCUT2D eigenvalue weighted by molar-refractivity contribution is 0.102. The van der Waals surface area contributed by atoms with Crippen molar-refractivity contribution in [3.05, 3.63) is 250 Å². The van der Waals surface area contributed by atoms with Gasteiger partial charge in [0.2, 0.25) is 11.2 Å². The van der Waals surface area contributed by atoms with Gasteiger partial charge >= 0.3 is 0 Å². The summed E-state index contributed by atoms with van der Waals surface area (Å²) in [5.74, 6) is 1.33. The maximum atomic E-state index is 14.7. The van der Waals surface area contributed by atoms with E-state index < -0.39 is 11.3 Å². The number of anilines is 1. The smallest absolute Gasteiger partial charge is 0.256 e. The molecule has 9 heteroatoms. The molecule has 0 saturated heterocycles. The fraction of sp³-hybridized carbons (Fsp3) is 0.0877. The molecule has 1 heterocycles. The van der Waals surface area contributed by atoms with Crippen LogP contribution in [0.2, 0.25) is 0 Å². The fourth-order valence-corrected chi connectivity index (χ4v) is 7.26. The van der Waals surface area contributed by atoms with Gasteiger partial charge < -0.3 is 33.4 Å². The lowest BCUT2D eigenvalue weighted by Crippen LogP contribution is -2.20. The van der Waals surface area contributed by atoms with E-state index in [1.807, 2.05) is 152 Å². The molecule has 1 aromatic heterocycles. The number of fused-ring (bicyclic) bond motifs is 1. The second kappa shape index (κ2) is 20.7. The van der Waals surface area contributed by atoms with Gasteiger partial charge in [-0.25, -0.2) is 0 Å². The quantitative estimate of drug-likeness (QED) is 0.0909. The molecule has 9 nitrogen and oxygen atoms in total. The molecule has 1 N–H and O–H groups in total. The molecule has 326 valence electrons. The average molecular weight is 872 g/mol. The van der Waals surface area contributed by atoms with Crippen LogP contribution in [0.1, 0.15) is 38.2 Å². The lowest BCUT2D eigenvalue weighted by atomic mass is 10.1. The van der Waals surface area contributed by atoms with Crippen LogP contribution in [0.25, 0.3) is 22.3 Å². The number of carbonyl (C=O) groups excluding carboxylic acids is 1. The van der Waals surface area contributed by atoms with Crippen molar-refractivity contribution < 1.29 is 32.9 Å². The summed E-state index contributed by atoms with van der Waals surface area (Å²) in [6.07, 6.45) is 0. The normalized spacial score (nSPS) is 10.8. The third kappa shape index (κ3) is 10.6. The van der Waals surface area contributed by atoms with Crippen LogP contribution in [0.4, 0.5) is 5.69 Å². The summed E-state index contributed by atoms with van der Waals surface area (Å²) in [5.41, 5.74) is 5.19. The zero-order valence-electron chi connectivity index (χ0n) is 35.9. The Balaban J connectivity index is 1.10. The van der Waals surface area contributed by atoms with Crippen molar-refractivity contribution >= 4 is 22.6 Å². The standard InChI is InChI=1S/C57H45NO8/c59-54-47-28-16-17-29-48(47)66-55(45-30-31-49(61-35-40-18-6-1-7-19-40)50(32-45)62-36-41-20-8-2-9-21-41)53(54)58-57(60)46-33-51(63-37-42-22-10-3-11-23-42)56(65-39-44-26-14-5-15-27-44)52(34-46)64-38-43-24-12-4-13-25-43/h1-34H,35-39H2,(H,58,60). The first-order chi connectivity index (χ1) is 32.5. The molecule has 0 atom stereocenters. The van der Waals surface area contributed by atoms with Crippen molar-refractivity contribution in [1.82, 2.24) is 0 Å². The predicted molar refractivity (Wildman–Crippen MR) is 256 cm³/mol. The third-order valence-electron chi connectivity index (χ3n) is 10.7. The van der Waals surface area contributed by atoms with Gasteiger partial charge in [0.25, 0.3) is 5.91 Å². The number of para-hydroxylation sites is 1. The summed E-state index contributed by atoms with van der Waals surface area (Å²) < 4.78 is 38.6. The van der Waals surface area contributed by atoms with Crippen molar-refractivity contribution in [3.8, 4) is 40.1 Å². The number of carbonyl (C=O) groups is 1. The summed E-state index contributed by atoms with van der Waals surface area (Å²) in [6, 6.07) is 64.2. The van der Waals surface area contributed by atoms with Gasteiger partial charge in [-0.3, -0.25) is 9.59 Å². The third-order valence-corrected chi connectivity index (χ3v) is 10.7. The summed E-state index contributed by atoms with van der Waals surface area (Å²) in [5, 5.41) is 3.23. The number of hydrogen-bond acceptors (Lipinski definition) is 8. The minimum Gasteiger partial charge on any atom is -0.485 e.